The fraction of sp³-hybridized carbons (Fsp3) is 0.125. The van der Waals surface area contributed by atoms with Gasteiger partial charge >= 0.3 is 6.18 Å². The number of fused-ring (bicyclic) bond motifs is 1. The number of nitrogens with zero attached hydrogens (tertiary/aromatic N) is 1. The topological polar surface area (TPSA) is 47.0 Å². The summed E-state index contributed by atoms with van der Waals surface area (Å²) in [5.74, 6) is 0. The summed E-state index contributed by atoms with van der Waals surface area (Å²) < 4.78 is 64.9. The predicted octanol–water partition coefficient (Wildman–Crippen LogP) is 6.30. The van der Waals surface area contributed by atoms with Crippen molar-refractivity contribution in [2.24, 2.45) is 0 Å². The second-order valence-corrected chi connectivity index (χ2v) is 9.36. The van der Waals surface area contributed by atoms with Crippen LogP contribution in [-0.2, 0) is 16.0 Å². The van der Waals surface area contributed by atoms with Crippen LogP contribution in [0.2, 0.25) is 0 Å². The lowest BCUT2D eigenvalue weighted by atomic mass is 9.98. The summed E-state index contributed by atoms with van der Waals surface area (Å²) in [6.07, 6.45) is -3.38. The molecule has 0 aliphatic heterocycles. The molecule has 7 heteroatoms. The molecule has 0 amide bonds. The van der Waals surface area contributed by atoms with Crippen molar-refractivity contribution in [3.63, 3.8) is 0 Å². The van der Waals surface area contributed by atoms with E-state index in [0.29, 0.717) is 27.8 Å². The number of benzene rings is 3. The zero-order valence-electron chi connectivity index (χ0n) is 16.7. The summed E-state index contributed by atoms with van der Waals surface area (Å²) >= 11 is 0. The van der Waals surface area contributed by atoms with Crippen LogP contribution >= 0.6 is 0 Å². The van der Waals surface area contributed by atoms with Gasteiger partial charge in [-0.3, -0.25) is 0 Å². The largest absolute Gasteiger partial charge is 0.418 e. The normalized spacial score (nSPS) is 12.3. The number of aromatic nitrogens is 1. The highest BCUT2D eigenvalue weighted by Gasteiger charge is 2.33. The monoisotopic (exact) mass is 441 g/mol. The van der Waals surface area contributed by atoms with Gasteiger partial charge in [0.05, 0.1) is 21.7 Å². The SMILES string of the molecule is Cc1cc2cccc(C(F)(F)F)c2nc1-c1cccc(-c2ccccc2S(C)(=O)=O)c1. The number of hydrogen-bond acceptors (Lipinski definition) is 3. The lowest BCUT2D eigenvalue weighted by Crippen LogP contribution is -2.07. The highest BCUT2D eigenvalue weighted by Crippen LogP contribution is 2.37. The number of rotatable bonds is 3. The maximum Gasteiger partial charge on any atom is 0.418 e. The number of aryl methyl sites for hydroxylation is 1. The van der Waals surface area contributed by atoms with Crippen molar-refractivity contribution >= 4 is 20.7 Å². The molecule has 1 heterocycles. The third-order valence-electron chi connectivity index (χ3n) is 5.08. The molecule has 0 aliphatic carbocycles. The van der Waals surface area contributed by atoms with Crippen LogP contribution in [0.4, 0.5) is 13.2 Å². The van der Waals surface area contributed by atoms with Crippen LogP contribution in [0.3, 0.4) is 0 Å². The molecule has 3 nitrogen and oxygen atoms in total. The average Bonchev–Trinajstić information content (AvgIpc) is 2.71. The van der Waals surface area contributed by atoms with E-state index in [1.165, 1.54) is 12.1 Å². The minimum atomic E-state index is -4.52. The van der Waals surface area contributed by atoms with Gasteiger partial charge in [-0.2, -0.15) is 13.2 Å². The number of hydrogen-bond donors (Lipinski definition) is 0. The Kier molecular flexibility index (Phi) is 5.09. The molecule has 4 aromatic rings. The molecule has 0 saturated carbocycles. The highest BCUT2D eigenvalue weighted by atomic mass is 32.2. The van der Waals surface area contributed by atoms with Gasteiger partial charge in [-0.1, -0.05) is 48.5 Å². The first-order valence-corrected chi connectivity index (χ1v) is 11.3. The van der Waals surface area contributed by atoms with Crippen molar-refractivity contribution in [3.8, 4) is 22.4 Å². The summed E-state index contributed by atoms with van der Waals surface area (Å²) in [5, 5.41) is 0.412. The summed E-state index contributed by atoms with van der Waals surface area (Å²) in [6.45, 7) is 1.79. The van der Waals surface area contributed by atoms with Crippen LogP contribution in [0.5, 0.6) is 0 Å². The van der Waals surface area contributed by atoms with Crippen LogP contribution in [0.1, 0.15) is 11.1 Å². The molecule has 0 N–H and O–H groups in total. The fourth-order valence-electron chi connectivity index (χ4n) is 3.69. The molecule has 0 aliphatic rings. The van der Waals surface area contributed by atoms with E-state index in [1.807, 2.05) is 0 Å². The number of pyridine rings is 1. The Hall–Kier alpha value is -3.19. The lowest BCUT2D eigenvalue weighted by Gasteiger charge is -2.14. The lowest BCUT2D eigenvalue weighted by molar-refractivity contribution is -0.136. The Balaban J connectivity index is 1.93. The second kappa shape index (κ2) is 7.50. The van der Waals surface area contributed by atoms with Crippen LogP contribution in [0.15, 0.2) is 77.7 Å². The molecule has 0 radical (unpaired) electrons. The van der Waals surface area contributed by atoms with Crippen molar-refractivity contribution in [1.29, 1.82) is 0 Å². The molecule has 4 rings (SSSR count). The molecule has 158 valence electrons. The molecular weight excluding hydrogens is 423 g/mol. The van der Waals surface area contributed by atoms with Gasteiger partial charge in [-0.05, 0) is 42.3 Å². The van der Waals surface area contributed by atoms with E-state index in [-0.39, 0.29) is 10.4 Å². The van der Waals surface area contributed by atoms with Gasteiger partial charge in [0.25, 0.3) is 0 Å². The Bertz CT molecular complexity index is 1410. The van der Waals surface area contributed by atoms with E-state index >= 15 is 0 Å². The van der Waals surface area contributed by atoms with Crippen molar-refractivity contribution in [3.05, 3.63) is 83.9 Å². The molecule has 1 aromatic heterocycles. The van der Waals surface area contributed by atoms with Crippen molar-refractivity contribution in [2.45, 2.75) is 18.0 Å². The quantitative estimate of drug-likeness (QED) is 0.375. The van der Waals surface area contributed by atoms with Gasteiger partial charge in [-0.25, -0.2) is 13.4 Å². The predicted molar refractivity (Wildman–Crippen MR) is 115 cm³/mol. The molecule has 3 aromatic carbocycles. The van der Waals surface area contributed by atoms with Gasteiger partial charge in [0.1, 0.15) is 0 Å². The minimum absolute atomic E-state index is 0.113. The Labute approximate surface area is 178 Å². The van der Waals surface area contributed by atoms with Crippen LogP contribution < -0.4 is 0 Å². The molecule has 0 bridgehead atoms. The van der Waals surface area contributed by atoms with E-state index < -0.39 is 21.6 Å². The Morgan fingerprint density at radius 3 is 2.23 bits per heavy atom. The molecule has 31 heavy (non-hydrogen) atoms. The molecule has 0 saturated heterocycles. The fourth-order valence-corrected chi connectivity index (χ4v) is 4.60. The number of alkyl halides is 3. The first-order chi connectivity index (χ1) is 14.6. The second-order valence-electron chi connectivity index (χ2n) is 7.38. The summed E-state index contributed by atoms with van der Waals surface area (Å²) in [7, 11) is -3.46. The summed E-state index contributed by atoms with van der Waals surface area (Å²) in [6, 6.07) is 19.3. The van der Waals surface area contributed by atoms with E-state index in [0.717, 1.165) is 17.9 Å². The maximum atomic E-state index is 13.5. The van der Waals surface area contributed by atoms with Crippen molar-refractivity contribution in [2.75, 3.05) is 6.26 Å². The van der Waals surface area contributed by atoms with Gasteiger partial charge in [-0.15, -0.1) is 0 Å². The van der Waals surface area contributed by atoms with E-state index in [4.69, 9.17) is 0 Å². The molecule has 0 fully saturated rings. The van der Waals surface area contributed by atoms with Gasteiger partial charge in [0.15, 0.2) is 9.84 Å². The van der Waals surface area contributed by atoms with E-state index in [1.54, 1.807) is 61.5 Å². The van der Waals surface area contributed by atoms with Crippen LogP contribution in [0, 0.1) is 6.92 Å². The van der Waals surface area contributed by atoms with Gasteiger partial charge < -0.3 is 0 Å². The maximum absolute atomic E-state index is 13.5. The summed E-state index contributed by atoms with van der Waals surface area (Å²) in [4.78, 5) is 4.57. The molecular formula is C24H18F3NO2S. The number of sulfone groups is 1. The molecule has 0 unspecified atom stereocenters. The molecule has 0 spiro atoms. The van der Waals surface area contributed by atoms with Crippen molar-refractivity contribution < 1.29 is 21.6 Å². The first-order valence-electron chi connectivity index (χ1n) is 9.43. The first kappa shape index (κ1) is 21.1. The zero-order chi connectivity index (χ0) is 22.4. The van der Waals surface area contributed by atoms with E-state index in [2.05, 4.69) is 4.98 Å². The Morgan fingerprint density at radius 1 is 0.839 bits per heavy atom. The number of para-hydroxylation sites is 1. The number of halogens is 3. The third-order valence-corrected chi connectivity index (χ3v) is 6.23. The van der Waals surface area contributed by atoms with Crippen LogP contribution in [0.25, 0.3) is 33.3 Å². The smallest absolute Gasteiger partial charge is 0.247 e. The minimum Gasteiger partial charge on any atom is -0.247 e. The highest BCUT2D eigenvalue weighted by molar-refractivity contribution is 7.90. The third kappa shape index (κ3) is 4.05. The van der Waals surface area contributed by atoms with Gasteiger partial charge in [0, 0.05) is 22.8 Å². The zero-order valence-corrected chi connectivity index (χ0v) is 17.6. The van der Waals surface area contributed by atoms with Crippen LogP contribution in [-0.4, -0.2) is 19.7 Å². The molecule has 0 atom stereocenters. The van der Waals surface area contributed by atoms with Crippen molar-refractivity contribution in [1.82, 2.24) is 4.98 Å². The standard InChI is InChI=1S/C24H18F3NO2S/c1-15-13-17-9-6-11-20(24(25,26)27)23(17)28-22(15)18-8-5-7-16(14-18)19-10-3-4-12-21(19)31(2,29)30/h3-14H,1-2H3. The average molecular weight is 441 g/mol. The summed E-state index contributed by atoms with van der Waals surface area (Å²) in [5.41, 5.74) is 2.02. The Morgan fingerprint density at radius 2 is 1.52 bits per heavy atom. The van der Waals surface area contributed by atoms with E-state index in [9.17, 15) is 21.6 Å². The van der Waals surface area contributed by atoms with Gasteiger partial charge in [0.2, 0.25) is 0 Å².